The summed E-state index contributed by atoms with van der Waals surface area (Å²) in [6.45, 7) is 0.342. The van der Waals surface area contributed by atoms with Crippen molar-refractivity contribution in [2.24, 2.45) is 0 Å². The van der Waals surface area contributed by atoms with Crippen LogP contribution >= 0.6 is 27.3 Å². The van der Waals surface area contributed by atoms with Gasteiger partial charge in [0.05, 0.1) is 0 Å². The van der Waals surface area contributed by atoms with Gasteiger partial charge in [0.2, 0.25) is 5.82 Å². The number of carbonyl (C=O) groups excluding carboxylic acids is 1. The number of carbonyl (C=O) groups is 1. The quantitative estimate of drug-likeness (QED) is 0.441. The van der Waals surface area contributed by atoms with Crippen LogP contribution in [0.5, 0.6) is 5.75 Å². The van der Waals surface area contributed by atoms with E-state index in [1.54, 1.807) is 11.3 Å². The van der Waals surface area contributed by atoms with Crippen LogP contribution in [0.4, 0.5) is 0 Å². The Bertz CT molecular complexity index is 789. The second kappa shape index (κ2) is 8.02. The monoisotopic (exact) mass is 408 g/mol. The molecule has 0 atom stereocenters. The van der Waals surface area contributed by atoms with E-state index in [1.165, 1.54) is 4.80 Å². The van der Waals surface area contributed by atoms with Crippen LogP contribution in [0.25, 0.3) is 11.4 Å². The Kier molecular flexibility index (Phi) is 5.55. The highest BCUT2D eigenvalue weighted by atomic mass is 79.9. The molecule has 1 aromatic carbocycles. The lowest BCUT2D eigenvalue weighted by Gasteiger charge is -2.07. The Morgan fingerprint density at radius 3 is 2.79 bits per heavy atom. The maximum Gasteiger partial charge on any atom is 0.329 e. The molecule has 0 fully saturated rings. The molecule has 0 saturated carbocycles. The standard InChI is InChI=1S/C15H13BrN4O3S/c16-12-1-3-13(4-2-12)22-6-7-23-14(21)9-20-18-15(17-19-20)11-5-8-24-10-11/h1-5,8,10H,6-7,9H2. The van der Waals surface area contributed by atoms with E-state index < -0.39 is 5.97 Å². The highest BCUT2D eigenvalue weighted by Crippen LogP contribution is 2.17. The van der Waals surface area contributed by atoms with E-state index in [2.05, 4.69) is 31.3 Å². The Balaban J connectivity index is 1.40. The summed E-state index contributed by atoms with van der Waals surface area (Å²) in [5.74, 6) is 0.763. The number of nitrogens with zero attached hydrogens (tertiary/aromatic N) is 4. The first-order valence-electron chi connectivity index (χ1n) is 7.05. The van der Waals surface area contributed by atoms with Crippen molar-refractivity contribution in [1.29, 1.82) is 0 Å². The van der Waals surface area contributed by atoms with Gasteiger partial charge in [0.25, 0.3) is 0 Å². The molecule has 0 aliphatic heterocycles. The van der Waals surface area contributed by atoms with Gasteiger partial charge in [0.1, 0.15) is 19.0 Å². The molecule has 3 rings (SSSR count). The van der Waals surface area contributed by atoms with Gasteiger partial charge in [-0.05, 0) is 40.9 Å². The van der Waals surface area contributed by atoms with Crippen LogP contribution in [0.1, 0.15) is 0 Å². The van der Waals surface area contributed by atoms with E-state index in [4.69, 9.17) is 9.47 Å². The minimum atomic E-state index is -0.441. The second-order valence-electron chi connectivity index (χ2n) is 4.68. The van der Waals surface area contributed by atoms with E-state index in [1.807, 2.05) is 41.1 Å². The third-order valence-corrected chi connectivity index (χ3v) is 4.14. The SMILES string of the molecule is O=C(Cn1nnc(-c2ccsc2)n1)OCCOc1ccc(Br)cc1. The van der Waals surface area contributed by atoms with Crippen LogP contribution in [0, 0.1) is 0 Å². The third-order valence-electron chi connectivity index (χ3n) is 2.93. The van der Waals surface area contributed by atoms with Gasteiger partial charge in [-0.25, -0.2) is 4.79 Å². The van der Waals surface area contributed by atoms with Gasteiger partial charge in [0, 0.05) is 15.4 Å². The lowest BCUT2D eigenvalue weighted by Crippen LogP contribution is -2.18. The van der Waals surface area contributed by atoms with Gasteiger partial charge in [0.15, 0.2) is 6.54 Å². The number of thiophene rings is 1. The molecule has 124 valence electrons. The number of hydrogen-bond acceptors (Lipinski definition) is 7. The predicted molar refractivity (Wildman–Crippen MR) is 91.7 cm³/mol. The van der Waals surface area contributed by atoms with E-state index in [9.17, 15) is 4.79 Å². The Hall–Kier alpha value is -2.26. The molecular formula is C15H13BrN4O3S. The largest absolute Gasteiger partial charge is 0.490 e. The number of benzene rings is 1. The lowest BCUT2D eigenvalue weighted by molar-refractivity contribution is -0.145. The normalized spacial score (nSPS) is 10.5. The van der Waals surface area contributed by atoms with Crippen LogP contribution in [-0.4, -0.2) is 39.4 Å². The first kappa shape index (κ1) is 16.6. The molecule has 2 heterocycles. The maximum atomic E-state index is 11.8. The molecule has 2 aromatic heterocycles. The number of hydrogen-bond donors (Lipinski definition) is 0. The molecule has 9 heteroatoms. The van der Waals surface area contributed by atoms with Crippen LogP contribution in [0.3, 0.4) is 0 Å². The number of esters is 1. The summed E-state index contributed by atoms with van der Waals surface area (Å²) in [4.78, 5) is 13.0. The zero-order valence-electron chi connectivity index (χ0n) is 12.5. The summed E-state index contributed by atoms with van der Waals surface area (Å²) in [6, 6.07) is 9.31. The Labute approximate surface area is 150 Å². The van der Waals surface area contributed by atoms with Crippen molar-refractivity contribution in [2.45, 2.75) is 6.54 Å². The summed E-state index contributed by atoms with van der Waals surface area (Å²) in [7, 11) is 0. The van der Waals surface area contributed by atoms with Crippen LogP contribution in [0.15, 0.2) is 45.6 Å². The molecule has 3 aromatic rings. The van der Waals surface area contributed by atoms with Crippen LogP contribution in [-0.2, 0) is 16.1 Å². The second-order valence-corrected chi connectivity index (χ2v) is 6.37. The smallest absolute Gasteiger partial charge is 0.329 e. The summed E-state index contributed by atoms with van der Waals surface area (Å²) < 4.78 is 11.5. The molecule has 0 unspecified atom stereocenters. The van der Waals surface area contributed by atoms with Crippen molar-refractivity contribution < 1.29 is 14.3 Å². The lowest BCUT2D eigenvalue weighted by atomic mass is 10.3. The van der Waals surface area contributed by atoms with Crippen molar-refractivity contribution >= 4 is 33.2 Å². The van der Waals surface area contributed by atoms with E-state index in [0.717, 1.165) is 10.0 Å². The molecule has 24 heavy (non-hydrogen) atoms. The Morgan fingerprint density at radius 1 is 1.21 bits per heavy atom. The summed E-state index contributed by atoms with van der Waals surface area (Å²) in [5.41, 5.74) is 0.877. The van der Waals surface area contributed by atoms with Gasteiger partial charge < -0.3 is 9.47 Å². The summed E-state index contributed by atoms with van der Waals surface area (Å²) >= 11 is 4.89. The fourth-order valence-electron chi connectivity index (χ4n) is 1.82. The van der Waals surface area contributed by atoms with Gasteiger partial charge in [-0.15, -0.1) is 10.2 Å². The van der Waals surface area contributed by atoms with Gasteiger partial charge >= 0.3 is 5.97 Å². The average molecular weight is 409 g/mol. The fraction of sp³-hybridized carbons (Fsp3) is 0.200. The highest BCUT2D eigenvalue weighted by molar-refractivity contribution is 9.10. The molecule has 0 bridgehead atoms. The van der Waals surface area contributed by atoms with Crippen molar-refractivity contribution in [3.8, 4) is 17.1 Å². The van der Waals surface area contributed by atoms with Gasteiger partial charge in [-0.3, -0.25) is 0 Å². The summed E-state index contributed by atoms with van der Waals surface area (Å²) in [5, 5.41) is 15.7. The highest BCUT2D eigenvalue weighted by Gasteiger charge is 2.10. The first-order valence-corrected chi connectivity index (χ1v) is 8.78. The molecule has 0 saturated heterocycles. The maximum absolute atomic E-state index is 11.8. The van der Waals surface area contributed by atoms with Crippen molar-refractivity contribution in [1.82, 2.24) is 20.2 Å². The zero-order valence-corrected chi connectivity index (χ0v) is 14.9. The molecule has 0 aliphatic carbocycles. The minimum Gasteiger partial charge on any atom is -0.490 e. The van der Waals surface area contributed by atoms with Gasteiger partial charge in [-0.2, -0.15) is 16.1 Å². The van der Waals surface area contributed by atoms with Gasteiger partial charge in [-0.1, -0.05) is 15.9 Å². The predicted octanol–water partition coefficient (Wildman–Crippen LogP) is 2.79. The molecule has 0 N–H and O–H groups in total. The molecule has 0 aliphatic rings. The molecule has 0 spiro atoms. The average Bonchev–Trinajstić information content (AvgIpc) is 3.24. The van der Waals surface area contributed by atoms with Crippen molar-refractivity contribution in [3.05, 3.63) is 45.6 Å². The third kappa shape index (κ3) is 4.62. The molecule has 0 radical (unpaired) electrons. The minimum absolute atomic E-state index is 0.0879. The Morgan fingerprint density at radius 2 is 2.04 bits per heavy atom. The zero-order chi connectivity index (χ0) is 16.8. The number of rotatable bonds is 7. The number of ether oxygens (including phenoxy) is 2. The van der Waals surface area contributed by atoms with Crippen LogP contribution in [0.2, 0.25) is 0 Å². The topological polar surface area (TPSA) is 79.1 Å². The number of aromatic nitrogens is 4. The van der Waals surface area contributed by atoms with E-state index in [-0.39, 0.29) is 19.8 Å². The molecule has 0 amide bonds. The number of tetrazole rings is 1. The van der Waals surface area contributed by atoms with Crippen LogP contribution < -0.4 is 4.74 Å². The van der Waals surface area contributed by atoms with E-state index >= 15 is 0 Å². The van der Waals surface area contributed by atoms with E-state index in [0.29, 0.717) is 11.6 Å². The first-order chi connectivity index (χ1) is 11.7. The van der Waals surface area contributed by atoms with Crippen molar-refractivity contribution in [2.75, 3.05) is 13.2 Å². The number of halogens is 1. The fourth-order valence-corrected chi connectivity index (χ4v) is 2.72. The summed E-state index contributed by atoms with van der Waals surface area (Å²) in [6.07, 6.45) is 0. The molecule has 7 nitrogen and oxygen atoms in total. The molecular weight excluding hydrogens is 396 g/mol. The van der Waals surface area contributed by atoms with Crippen molar-refractivity contribution in [3.63, 3.8) is 0 Å².